The molecule has 1 saturated carbocycles. The predicted molar refractivity (Wildman–Crippen MR) is 95.9 cm³/mol. The topological polar surface area (TPSA) is 87.7 Å². The Hall–Kier alpha value is -2.57. The third-order valence-electron chi connectivity index (χ3n) is 5.08. The molecule has 1 spiro atoms. The minimum atomic E-state index is -0.775. The van der Waals surface area contributed by atoms with Crippen LogP contribution in [0.25, 0.3) is 0 Å². The van der Waals surface area contributed by atoms with Crippen molar-refractivity contribution in [3.05, 3.63) is 29.3 Å². The van der Waals surface area contributed by atoms with Crippen molar-refractivity contribution < 1.29 is 19.1 Å². The van der Waals surface area contributed by atoms with Crippen LogP contribution in [0.4, 0.5) is 4.79 Å². The van der Waals surface area contributed by atoms with E-state index in [1.165, 1.54) is 0 Å². The molecule has 0 radical (unpaired) electrons. The van der Waals surface area contributed by atoms with Gasteiger partial charge in [-0.25, -0.2) is 4.79 Å². The molecule has 1 aromatic carbocycles. The fourth-order valence-electron chi connectivity index (χ4n) is 3.71. The van der Waals surface area contributed by atoms with Crippen LogP contribution in [0.1, 0.15) is 36.8 Å². The number of aryl methyl sites for hydroxylation is 2. The van der Waals surface area contributed by atoms with Crippen LogP contribution in [0, 0.1) is 13.8 Å². The molecule has 140 valence electrons. The Morgan fingerprint density at radius 2 is 1.88 bits per heavy atom. The normalized spacial score (nSPS) is 18.3. The van der Waals surface area contributed by atoms with Crippen LogP contribution < -0.4 is 15.4 Å². The minimum absolute atomic E-state index is 0.254. The summed E-state index contributed by atoms with van der Waals surface area (Å²) in [5.74, 6) is 0.176. The number of imide groups is 1. The molecule has 2 N–H and O–H groups in total. The molecular weight excluding hydrogens is 334 g/mol. The lowest BCUT2D eigenvalue weighted by Gasteiger charge is -2.19. The molecule has 0 unspecified atom stereocenters. The maximum atomic E-state index is 12.5. The molecule has 0 aromatic heterocycles. The largest absolute Gasteiger partial charge is 0.491 e. The highest BCUT2D eigenvalue weighted by Gasteiger charge is 2.52. The summed E-state index contributed by atoms with van der Waals surface area (Å²) in [6, 6.07) is 5.43. The molecule has 4 amide bonds. The second-order valence-electron chi connectivity index (χ2n) is 7.03. The van der Waals surface area contributed by atoms with E-state index in [4.69, 9.17) is 4.74 Å². The number of rotatable bonds is 6. The van der Waals surface area contributed by atoms with Gasteiger partial charge in [-0.2, -0.15) is 0 Å². The fraction of sp³-hybridized carbons (Fsp3) is 0.526. The molecule has 1 aliphatic heterocycles. The maximum absolute atomic E-state index is 12.5. The highest BCUT2D eigenvalue weighted by atomic mass is 16.5. The van der Waals surface area contributed by atoms with Crippen molar-refractivity contribution in [2.24, 2.45) is 0 Å². The average Bonchev–Trinajstić information content (AvgIpc) is 3.15. The van der Waals surface area contributed by atoms with E-state index < -0.39 is 11.6 Å². The van der Waals surface area contributed by atoms with Gasteiger partial charge < -0.3 is 15.4 Å². The Kier molecular flexibility index (Phi) is 5.15. The number of hydrogen-bond acceptors (Lipinski definition) is 4. The number of amides is 4. The summed E-state index contributed by atoms with van der Waals surface area (Å²) in [6.45, 7) is 4.31. The van der Waals surface area contributed by atoms with Crippen molar-refractivity contribution in [1.82, 2.24) is 15.5 Å². The summed E-state index contributed by atoms with van der Waals surface area (Å²) in [7, 11) is 0. The highest BCUT2D eigenvalue weighted by Crippen LogP contribution is 2.34. The molecule has 1 aliphatic carbocycles. The van der Waals surface area contributed by atoms with Gasteiger partial charge in [0, 0.05) is 0 Å². The molecule has 2 fully saturated rings. The standard InChI is InChI=1S/C19H25N3O4/c1-13-6-5-7-14(2)16(13)26-11-10-20-15(23)12-22-17(24)19(21-18(22)25)8-3-4-9-19/h5-7H,3-4,8-12H2,1-2H3,(H,20,23)(H,21,25). The number of nitrogens with zero attached hydrogens (tertiary/aromatic N) is 1. The van der Waals surface area contributed by atoms with E-state index in [1.807, 2.05) is 32.0 Å². The Balaban J connectivity index is 1.46. The minimum Gasteiger partial charge on any atom is -0.491 e. The van der Waals surface area contributed by atoms with Crippen LogP contribution in [0.15, 0.2) is 18.2 Å². The maximum Gasteiger partial charge on any atom is 0.325 e. The number of carbonyl (C=O) groups excluding carboxylic acids is 3. The second-order valence-corrected chi connectivity index (χ2v) is 7.03. The summed E-state index contributed by atoms with van der Waals surface area (Å²) < 4.78 is 5.73. The molecule has 3 rings (SSSR count). The van der Waals surface area contributed by atoms with Crippen molar-refractivity contribution in [2.75, 3.05) is 19.7 Å². The van der Waals surface area contributed by atoms with Gasteiger partial charge in [-0.05, 0) is 37.8 Å². The summed E-state index contributed by atoms with van der Waals surface area (Å²) in [5.41, 5.74) is 1.30. The number of carbonyl (C=O) groups is 3. The smallest absolute Gasteiger partial charge is 0.325 e. The van der Waals surface area contributed by atoms with Gasteiger partial charge in [0.05, 0.1) is 6.54 Å². The van der Waals surface area contributed by atoms with Crippen molar-refractivity contribution in [1.29, 1.82) is 0 Å². The number of para-hydroxylation sites is 1. The molecule has 1 heterocycles. The van der Waals surface area contributed by atoms with Crippen molar-refractivity contribution in [2.45, 2.75) is 45.1 Å². The third-order valence-corrected chi connectivity index (χ3v) is 5.08. The van der Waals surface area contributed by atoms with Crippen molar-refractivity contribution in [3.63, 3.8) is 0 Å². The quantitative estimate of drug-likeness (QED) is 0.597. The monoisotopic (exact) mass is 359 g/mol. The Morgan fingerprint density at radius 3 is 2.54 bits per heavy atom. The lowest BCUT2D eigenvalue weighted by Crippen LogP contribution is -2.45. The first-order valence-electron chi connectivity index (χ1n) is 9.03. The average molecular weight is 359 g/mol. The van der Waals surface area contributed by atoms with Crippen molar-refractivity contribution in [3.8, 4) is 5.75 Å². The molecular formula is C19H25N3O4. The number of urea groups is 1. The second kappa shape index (κ2) is 7.35. The molecule has 1 saturated heterocycles. The molecule has 0 bridgehead atoms. The number of ether oxygens (including phenoxy) is 1. The lowest BCUT2D eigenvalue weighted by atomic mass is 9.98. The lowest BCUT2D eigenvalue weighted by molar-refractivity contribution is -0.134. The van der Waals surface area contributed by atoms with Gasteiger partial charge in [0.25, 0.3) is 5.91 Å². The van der Waals surface area contributed by atoms with E-state index in [1.54, 1.807) is 0 Å². The molecule has 7 heteroatoms. The van der Waals surface area contributed by atoms with Crippen LogP contribution in [0.5, 0.6) is 5.75 Å². The highest BCUT2D eigenvalue weighted by molar-refractivity contribution is 6.09. The molecule has 7 nitrogen and oxygen atoms in total. The van der Waals surface area contributed by atoms with Gasteiger partial charge >= 0.3 is 6.03 Å². The molecule has 2 aliphatic rings. The Bertz CT molecular complexity index is 705. The van der Waals surface area contributed by atoms with Crippen LogP contribution in [0.3, 0.4) is 0 Å². The van der Waals surface area contributed by atoms with Crippen LogP contribution >= 0.6 is 0 Å². The summed E-state index contributed by atoms with van der Waals surface area (Å²) in [6.07, 6.45) is 3.14. The number of nitrogens with one attached hydrogen (secondary N) is 2. The summed E-state index contributed by atoms with van der Waals surface area (Å²) >= 11 is 0. The van der Waals surface area contributed by atoms with Gasteiger partial charge in [0.15, 0.2) is 0 Å². The number of hydrogen-bond donors (Lipinski definition) is 2. The molecule has 26 heavy (non-hydrogen) atoms. The summed E-state index contributed by atoms with van der Waals surface area (Å²) in [4.78, 5) is 37.7. The van der Waals surface area contributed by atoms with E-state index in [9.17, 15) is 14.4 Å². The van der Waals surface area contributed by atoms with Crippen LogP contribution in [-0.4, -0.2) is 48.0 Å². The first kappa shape index (κ1) is 18.2. The Labute approximate surface area is 153 Å². The van der Waals surface area contributed by atoms with Crippen LogP contribution in [-0.2, 0) is 9.59 Å². The van der Waals surface area contributed by atoms with E-state index in [0.29, 0.717) is 26.0 Å². The predicted octanol–water partition coefficient (Wildman–Crippen LogP) is 1.66. The zero-order chi connectivity index (χ0) is 18.7. The van der Waals surface area contributed by atoms with E-state index in [2.05, 4.69) is 10.6 Å². The molecule has 1 aromatic rings. The first-order chi connectivity index (χ1) is 12.4. The van der Waals surface area contributed by atoms with Gasteiger partial charge in [-0.3, -0.25) is 14.5 Å². The van der Waals surface area contributed by atoms with Gasteiger partial charge in [0.2, 0.25) is 5.91 Å². The zero-order valence-electron chi connectivity index (χ0n) is 15.3. The number of benzene rings is 1. The van der Waals surface area contributed by atoms with Gasteiger partial charge in [-0.1, -0.05) is 31.0 Å². The van der Waals surface area contributed by atoms with E-state index in [-0.39, 0.29) is 18.4 Å². The summed E-state index contributed by atoms with van der Waals surface area (Å²) in [5, 5.41) is 5.47. The third kappa shape index (κ3) is 3.52. The first-order valence-corrected chi connectivity index (χ1v) is 9.03. The SMILES string of the molecule is Cc1cccc(C)c1OCCNC(=O)CN1C(=O)NC2(CCCC2)C1=O. The zero-order valence-corrected chi connectivity index (χ0v) is 15.3. The van der Waals surface area contributed by atoms with Gasteiger partial charge in [0.1, 0.15) is 24.4 Å². The fourth-order valence-corrected chi connectivity index (χ4v) is 3.71. The van der Waals surface area contributed by atoms with Crippen molar-refractivity contribution >= 4 is 17.8 Å². The van der Waals surface area contributed by atoms with Gasteiger partial charge in [-0.15, -0.1) is 0 Å². The van der Waals surface area contributed by atoms with E-state index >= 15 is 0 Å². The van der Waals surface area contributed by atoms with Crippen LogP contribution in [0.2, 0.25) is 0 Å². The molecule has 0 atom stereocenters. The van der Waals surface area contributed by atoms with E-state index in [0.717, 1.165) is 34.6 Å². The Morgan fingerprint density at radius 1 is 1.23 bits per heavy atom.